The number of aryl methyl sites for hydroxylation is 2. The lowest BCUT2D eigenvalue weighted by atomic mass is 10.1. The van der Waals surface area contributed by atoms with Crippen molar-refractivity contribution in [2.24, 2.45) is 7.05 Å². The quantitative estimate of drug-likeness (QED) is 0.411. The lowest BCUT2D eigenvalue weighted by Gasteiger charge is -2.07. The molecule has 9 heteroatoms. The van der Waals surface area contributed by atoms with Gasteiger partial charge in [0.05, 0.1) is 11.4 Å². The van der Waals surface area contributed by atoms with Gasteiger partial charge in [-0.2, -0.15) is 0 Å². The second-order valence-electron chi connectivity index (χ2n) is 7.83. The monoisotopic (exact) mass is 463 g/mol. The van der Waals surface area contributed by atoms with Crippen molar-refractivity contribution >= 4 is 23.4 Å². The summed E-state index contributed by atoms with van der Waals surface area (Å²) in [6.07, 6.45) is 0.199. The Bertz CT molecular complexity index is 1330. The molecule has 0 saturated heterocycles. The lowest BCUT2D eigenvalue weighted by Crippen LogP contribution is -2.23. The first-order valence-electron chi connectivity index (χ1n) is 10.5. The van der Waals surface area contributed by atoms with Crippen LogP contribution in [0.3, 0.4) is 0 Å². The standard InChI is InChI=1S/C24H25N5O3S/c1-15-12-16(2)14-18(13-15)22-26-27-24(32-22)33-11-10-20(30)25-21-17(3)28(4)29(23(21)31)19-8-6-5-7-9-19/h5-9,12-14H,10-11H2,1-4H3,(H,25,30). The second kappa shape index (κ2) is 9.50. The van der Waals surface area contributed by atoms with Gasteiger partial charge in [0, 0.05) is 24.8 Å². The summed E-state index contributed by atoms with van der Waals surface area (Å²) < 4.78 is 9.00. The predicted molar refractivity (Wildman–Crippen MR) is 129 cm³/mol. The minimum Gasteiger partial charge on any atom is -0.411 e. The van der Waals surface area contributed by atoms with Gasteiger partial charge < -0.3 is 9.73 Å². The van der Waals surface area contributed by atoms with E-state index in [0.29, 0.717) is 22.6 Å². The van der Waals surface area contributed by atoms with E-state index >= 15 is 0 Å². The lowest BCUT2D eigenvalue weighted by molar-refractivity contribution is -0.115. The fourth-order valence-corrected chi connectivity index (χ4v) is 4.33. The number of aromatic nitrogens is 4. The molecule has 4 aromatic rings. The number of nitrogens with zero attached hydrogens (tertiary/aromatic N) is 4. The molecule has 0 radical (unpaired) electrons. The van der Waals surface area contributed by atoms with E-state index < -0.39 is 0 Å². The molecule has 0 bridgehead atoms. The highest BCUT2D eigenvalue weighted by Crippen LogP contribution is 2.25. The van der Waals surface area contributed by atoms with Crippen LogP contribution in [-0.2, 0) is 11.8 Å². The van der Waals surface area contributed by atoms with Crippen LogP contribution in [0.15, 0.2) is 63.0 Å². The zero-order chi connectivity index (χ0) is 23.5. The number of hydrogen-bond donors (Lipinski definition) is 1. The van der Waals surface area contributed by atoms with Gasteiger partial charge in [-0.15, -0.1) is 10.2 Å². The molecule has 2 heterocycles. The van der Waals surface area contributed by atoms with Crippen molar-refractivity contribution in [3.05, 3.63) is 75.7 Å². The number of nitrogens with one attached hydrogen (secondary N) is 1. The minimum absolute atomic E-state index is 0.199. The molecule has 0 fully saturated rings. The van der Waals surface area contributed by atoms with Gasteiger partial charge in [0.15, 0.2) is 0 Å². The van der Waals surface area contributed by atoms with E-state index in [-0.39, 0.29) is 23.6 Å². The first-order valence-corrected chi connectivity index (χ1v) is 11.5. The minimum atomic E-state index is -0.266. The molecule has 0 aliphatic rings. The molecule has 2 aromatic heterocycles. The van der Waals surface area contributed by atoms with Crippen molar-refractivity contribution in [3.63, 3.8) is 0 Å². The van der Waals surface area contributed by atoms with Crippen LogP contribution < -0.4 is 10.9 Å². The Labute approximate surface area is 195 Å². The average Bonchev–Trinajstić information content (AvgIpc) is 3.33. The van der Waals surface area contributed by atoms with E-state index in [4.69, 9.17) is 4.42 Å². The van der Waals surface area contributed by atoms with Crippen molar-refractivity contribution in [2.75, 3.05) is 11.1 Å². The number of rotatable bonds is 7. The molecule has 0 saturated carbocycles. The summed E-state index contributed by atoms with van der Waals surface area (Å²) in [5, 5.41) is 11.3. The molecule has 0 aliphatic heterocycles. The van der Waals surface area contributed by atoms with Gasteiger partial charge in [0.2, 0.25) is 11.8 Å². The molecule has 8 nitrogen and oxygen atoms in total. The molecule has 170 valence electrons. The van der Waals surface area contributed by atoms with Crippen LogP contribution in [0.1, 0.15) is 23.2 Å². The Morgan fingerprint density at radius 3 is 2.45 bits per heavy atom. The first-order chi connectivity index (χ1) is 15.8. The molecule has 0 unspecified atom stereocenters. The molecule has 0 aliphatic carbocycles. The molecule has 33 heavy (non-hydrogen) atoms. The topological polar surface area (TPSA) is 95.0 Å². The Hall–Kier alpha value is -3.59. The molecule has 1 N–H and O–H groups in total. The fourth-order valence-electron chi connectivity index (χ4n) is 3.63. The number of para-hydroxylation sites is 1. The van der Waals surface area contributed by atoms with E-state index in [0.717, 1.165) is 22.4 Å². The molecule has 2 aromatic carbocycles. The number of carbonyl (C=O) groups is 1. The Morgan fingerprint density at radius 2 is 1.76 bits per heavy atom. The highest BCUT2D eigenvalue weighted by atomic mass is 32.2. The van der Waals surface area contributed by atoms with Gasteiger partial charge in [-0.1, -0.05) is 47.2 Å². The molecule has 0 spiro atoms. The van der Waals surface area contributed by atoms with Gasteiger partial charge >= 0.3 is 0 Å². The van der Waals surface area contributed by atoms with Crippen molar-refractivity contribution < 1.29 is 9.21 Å². The maximum absolute atomic E-state index is 12.9. The maximum Gasteiger partial charge on any atom is 0.295 e. The fraction of sp³-hybridized carbons (Fsp3) is 0.250. The molecule has 0 atom stereocenters. The normalized spacial score (nSPS) is 11.0. The van der Waals surface area contributed by atoms with E-state index in [2.05, 4.69) is 21.6 Å². The summed E-state index contributed by atoms with van der Waals surface area (Å²) in [5.74, 6) is 0.650. The van der Waals surface area contributed by atoms with Gasteiger partial charge in [0.1, 0.15) is 5.69 Å². The van der Waals surface area contributed by atoms with Crippen molar-refractivity contribution in [1.82, 2.24) is 19.6 Å². The molecule has 1 amide bonds. The zero-order valence-corrected chi connectivity index (χ0v) is 19.8. The third-order valence-electron chi connectivity index (χ3n) is 5.25. The first kappa shape index (κ1) is 22.6. The van der Waals surface area contributed by atoms with E-state index in [9.17, 15) is 9.59 Å². The third kappa shape index (κ3) is 4.93. The number of thioether (sulfide) groups is 1. The van der Waals surface area contributed by atoms with E-state index in [1.54, 1.807) is 18.7 Å². The summed E-state index contributed by atoms with van der Waals surface area (Å²) in [7, 11) is 1.79. The summed E-state index contributed by atoms with van der Waals surface area (Å²) in [6, 6.07) is 15.4. The van der Waals surface area contributed by atoms with Gasteiger partial charge in [-0.3, -0.25) is 14.3 Å². The second-order valence-corrected chi connectivity index (χ2v) is 8.88. The Morgan fingerprint density at radius 1 is 1.06 bits per heavy atom. The van der Waals surface area contributed by atoms with E-state index in [1.807, 2.05) is 56.3 Å². The van der Waals surface area contributed by atoms with Crippen LogP contribution in [0, 0.1) is 20.8 Å². The van der Waals surface area contributed by atoms with Crippen LogP contribution in [-0.4, -0.2) is 31.2 Å². The Balaban J connectivity index is 1.38. The summed E-state index contributed by atoms with van der Waals surface area (Å²) in [5.41, 5.74) is 4.55. The summed E-state index contributed by atoms with van der Waals surface area (Å²) >= 11 is 1.31. The largest absolute Gasteiger partial charge is 0.411 e. The SMILES string of the molecule is Cc1cc(C)cc(-c2nnc(SCCC(=O)Nc3c(C)n(C)n(-c4ccccc4)c3=O)o2)c1. The maximum atomic E-state index is 12.9. The van der Waals surface area contributed by atoms with Gasteiger partial charge in [-0.25, -0.2) is 4.68 Å². The highest BCUT2D eigenvalue weighted by molar-refractivity contribution is 7.99. The smallest absolute Gasteiger partial charge is 0.295 e. The predicted octanol–water partition coefficient (Wildman–Crippen LogP) is 4.27. The Kier molecular flexibility index (Phi) is 6.50. The molecular formula is C24H25N5O3S. The van der Waals surface area contributed by atoms with Crippen LogP contribution in [0.4, 0.5) is 5.69 Å². The van der Waals surface area contributed by atoms with Crippen molar-refractivity contribution in [1.29, 1.82) is 0 Å². The van der Waals surface area contributed by atoms with Gasteiger partial charge in [-0.05, 0) is 45.0 Å². The molecular weight excluding hydrogens is 438 g/mol. The molecule has 4 rings (SSSR count). The number of amides is 1. The van der Waals surface area contributed by atoms with Crippen molar-refractivity contribution in [2.45, 2.75) is 32.4 Å². The average molecular weight is 464 g/mol. The van der Waals surface area contributed by atoms with Crippen LogP contribution in [0.2, 0.25) is 0 Å². The summed E-state index contributed by atoms with van der Waals surface area (Å²) in [4.78, 5) is 25.4. The van der Waals surface area contributed by atoms with Crippen LogP contribution >= 0.6 is 11.8 Å². The van der Waals surface area contributed by atoms with Crippen molar-refractivity contribution in [3.8, 4) is 17.1 Å². The zero-order valence-electron chi connectivity index (χ0n) is 19.0. The number of carbonyl (C=O) groups excluding carboxylic acids is 1. The number of benzene rings is 2. The number of hydrogen-bond acceptors (Lipinski definition) is 6. The van der Waals surface area contributed by atoms with Gasteiger partial charge in [0.25, 0.3) is 10.8 Å². The van der Waals surface area contributed by atoms with E-state index in [1.165, 1.54) is 16.4 Å². The van der Waals surface area contributed by atoms with Crippen LogP contribution in [0.5, 0.6) is 0 Å². The number of anilines is 1. The highest BCUT2D eigenvalue weighted by Gasteiger charge is 2.18. The summed E-state index contributed by atoms with van der Waals surface area (Å²) in [6.45, 7) is 5.84. The third-order valence-corrected chi connectivity index (χ3v) is 6.07. The van der Waals surface area contributed by atoms with Crippen LogP contribution in [0.25, 0.3) is 17.1 Å².